The molecular formula is C12H13FN2. The normalized spacial score (nSPS) is 10.9. The molecule has 2 aromatic rings. The first-order valence-corrected chi connectivity index (χ1v) is 4.97. The Labute approximate surface area is 88.2 Å². The number of imidazole rings is 1. The average Bonchev–Trinajstić information content (AvgIpc) is 2.71. The Morgan fingerprint density at radius 3 is 2.73 bits per heavy atom. The van der Waals surface area contributed by atoms with E-state index in [2.05, 4.69) is 23.8 Å². The van der Waals surface area contributed by atoms with Crippen LogP contribution in [0.5, 0.6) is 0 Å². The molecule has 78 valence electrons. The van der Waals surface area contributed by atoms with Crippen LogP contribution in [0.3, 0.4) is 0 Å². The van der Waals surface area contributed by atoms with Crippen LogP contribution >= 0.6 is 0 Å². The predicted molar refractivity (Wildman–Crippen MR) is 58.1 cm³/mol. The second-order valence-electron chi connectivity index (χ2n) is 3.83. The number of halogens is 1. The van der Waals surface area contributed by atoms with Crippen LogP contribution in [0.2, 0.25) is 0 Å². The number of hydrogen-bond acceptors (Lipinski definition) is 1. The molecule has 1 heterocycles. The van der Waals surface area contributed by atoms with Gasteiger partial charge in [0.25, 0.3) is 0 Å². The summed E-state index contributed by atoms with van der Waals surface area (Å²) in [4.78, 5) is 6.96. The van der Waals surface area contributed by atoms with Crippen LogP contribution in [-0.4, -0.2) is 9.97 Å². The number of benzene rings is 1. The smallest absolute Gasteiger partial charge is 0.140 e. The molecule has 1 aromatic carbocycles. The van der Waals surface area contributed by atoms with E-state index in [9.17, 15) is 4.39 Å². The van der Waals surface area contributed by atoms with Gasteiger partial charge in [0.2, 0.25) is 0 Å². The summed E-state index contributed by atoms with van der Waals surface area (Å²) in [6, 6.07) is 5.15. The topological polar surface area (TPSA) is 28.7 Å². The second kappa shape index (κ2) is 3.85. The lowest BCUT2D eigenvalue weighted by atomic mass is 10.0. The molecule has 0 saturated heterocycles. The number of nitrogens with one attached hydrogen (secondary N) is 1. The van der Waals surface area contributed by atoms with E-state index in [4.69, 9.17) is 0 Å². The molecule has 0 fully saturated rings. The van der Waals surface area contributed by atoms with Crippen molar-refractivity contribution in [2.75, 3.05) is 0 Å². The third-order valence-corrected chi connectivity index (χ3v) is 2.41. The molecule has 0 bridgehead atoms. The molecule has 0 unspecified atom stereocenters. The minimum atomic E-state index is -0.241. The molecule has 0 aliphatic carbocycles. The van der Waals surface area contributed by atoms with Gasteiger partial charge in [-0.15, -0.1) is 0 Å². The number of hydrogen-bond donors (Lipinski definition) is 1. The maximum absolute atomic E-state index is 13.5. The van der Waals surface area contributed by atoms with E-state index < -0.39 is 0 Å². The van der Waals surface area contributed by atoms with Crippen molar-refractivity contribution in [2.45, 2.75) is 19.8 Å². The SMILES string of the molecule is CC(C)c1ccc(F)c(-c2ncc[nH]2)c1. The Kier molecular flexibility index (Phi) is 2.54. The average molecular weight is 204 g/mol. The Balaban J connectivity index is 2.51. The van der Waals surface area contributed by atoms with Gasteiger partial charge in [-0.1, -0.05) is 19.9 Å². The Hall–Kier alpha value is -1.64. The van der Waals surface area contributed by atoms with Crippen molar-refractivity contribution >= 4 is 0 Å². The van der Waals surface area contributed by atoms with Gasteiger partial charge in [0, 0.05) is 12.4 Å². The highest BCUT2D eigenvalue weighted by molar-refractivity contribution is 5.57. The van der Waals surface area contributed by atoms with Crippen LogP contribution in [0.15, 0.2) is 30.6 Å². The zero-order valence-electron chi connectivity index (χ0n) is 8.79. The van der Waals surface area contributed by atoms with Crippen LogP contribution < -0.4 is 0 Å². The molecular weight excluding hydrogens is 191 g/mol. The molecule has 1 N–H and O–H groups in total. The number of aromatic nitrogens is 2. The van der Waals surface area contributed by atoms with Crippen molar-refractivity contribution < 1.29 is 4.39 Å². The van der Waals surface area contributed by atoms with Crippen LogP contribution in [-0.2, 0) is 0 Å². The molecule has 0 radical (unpaired) electrons. The van der Waals surface area contributed by atoms with E-state index in [1.54, 1.807) is 12.4 Å². The minimum Gasteiger partial charge on any atom is -0.345 e. The van der Waals surface area contributed by atoms with Gasteiger partial charge < -0.3 is 4.98 Å². The lowest BCUT2D eigenvalue weighted by molar-refractivity contribution is 0.628. The second-order valence-corrected chi connectivity index (χ2v) is 3.83. The largest absolute Gasteiger partial charge is 0.345 e. The molecule has 0 aliphatic heterocycles. The molecule has 2 rings (SSSR count). The quantitative estimate of drug-likeness (QED) is 0.798. The van der Waals surface area contributed by atoms with Gasteiger partial charge in [0.05, 0.1) is 5.56 Å². The Morgan fingerprint density at radius 2 is 2.13 bits per heavy atom. The van der Waals surface area contributed by atoms with Gasteiger partial charge in [0.1, 0.15) is 11.6 Å². The fraction of sp³-hybridized carbons (Fsp3) is 0.250. The van der Waals surface area contributed by atoms with Gasteiger partial charge >= 0.3 is 0 Å². The fourth-order valence-corrected chi connectivity index (χ4v) is 1.50. The zero-order valence-corrected chi connectivity index (χ0v) is 8.79. The summed E-state index contributed by atoms with van der Waals surface area (Å²) in [7, 11) is 0. The van der Waals surface area contributed by atoms with Crippen LogP contribution in [0.4, 0.5) is 4.39 Å². The Bertz CT molecular complexity index is 447. The van der Waals surface area contributed by atoms with Gasteiger partial charge in [-0.2, -0.15) is 0 Å². The summed E-state index contributed by atoms with van der Waals surface area (Å²) in [6.45, 7) is 4.16. The molecule has 0 amide bonds. The standard InChI is InChI=1S/C12H13FN2/c1-8(2)9-3-4-11(13)10(7-9)12-14-5-6-15-12/h3-8H,1-2H3,(H,14,15). The summed E-state index contributed by atoms with van der Waals surface area (Å²) in [5.41, 5.74) is 1.65. The highest BCUT2D eigenvalue weighted by Gasteiger charge is 2.09. The molecule has 2 nitrogen and oxygen atoms in total. The minimum absolute atomic E-state index is 0.241. The highest BCUT2D eigenvalue weighted by atomic mass is 19.1. The highest BCUT2D eigenvalue weighted by Crippen LogP contribution is 2.24. The predicted octanol–water partition coefficient (Wildman–Crippen LogP) is 3.34. The van der Waals surface area contributed by atoms with Crippen molar-refractivity contribution in [1.82, 2.24) is 9.97 Å². The number of rotatable bonds is 2. The maximum Gasteiger partial charge on any atom is 0.140 e. The Morgan fingerprint density at radius 1 is 1.33 bits per heavy atom. The van der Waals surface area contributed by atoms with Crippen molar-refractivity contribution in [3.05, 3.63) is 42.0 Å². The summed E-state index contributed by atoms with van der Waals surface area (Å²) in [5, 5.41) is 0. The third-order valence-electron chi connectivity index (χ3n) is 2.41. The lowest BCUT2D eigenvalue weighted by Gasteiger charge is -2.07. The van der Waals surface area contributed by atoms with Crippen LogP contribution in [0, 0.1) is 5.82 Å². The van der Waals surface area contributed by atoms with Gasteiger partial charge in [-0.3, -0.25) is 0 Å². The first-order valence-electron chi connectivity index (χ1n) is 4.97. The van der Waals surface area contributed by atoms with E-state index in [0.29, 0.717) is 17.3 Å². The molecule has 0 saturated carbocycles. The number of H-pyrrole nitrogens is 1. The summed E-state index contributed by atoms with van der Waals surface area (Å²) >= 11 is 0. The van der Waals surface area contributed by atoms with Crippen LogP contribution in [0.1, 0.15) is 25.3 Å². The van der Waals surface area contributed by atoms with E-state index in [0.717, 1.165) is 5.56 Å². The monoisotopic (exact) mass is 204 g/mol. The van der Waals surface area contributed by atoms with Crippen molar-refractivity contribution in [1.29, 1.82) is 0 Å². The number of nitrogens with zero attached hydrogens (tertiary/aromatic N) is 1. The molecule has 3 heteroatoms. The fourth-order valence-electron chi connectivity index (χ4n) is 1.50. The lowest BCUT2D eigenvalue weighted by Crippen LogP contribution is -1.92. The van der Waals surface area contributed by atoms with Crippen molar-refractivity contribution in [3.63, 3.8) is 0 Å². The van der Waals surface area contributed by atoms with E-state index in [1.165, 1.54) is 6.07 Å². The maximum atomic E-state index is 13.5. The number of aromatic amines is 1. The first kappa shape index (κ1) is 9.90. The molecule has 0 spiro atoms. The molecule has 0 atom stereocenters. The molecule has 0 aliphatic rings. The van der Waals surface area contributed by atoms with Gasteiger partial charge in [0.15, 0.2) is 0 Å². The summed E-state index contributed by atoms with van der Waals surface area (Å²) in [6.07, 6.45) is 3.31. The molecule has 15 heavy (non-hydrogen) atoms. The van der Waals surface area contributed by atoms with Gasteiger partial charge in [-0.25, -0.2) is 9.37 Å². The first-order chi connectivity index (χ1) is 7.18. The third kappa shape index (κ3) is 1.91. The van der Waals surface area contributed by atoms with E-state index >= 15 is 0 Å². The van der Waals surface area contributed by atoms with Crippen LogP contribution in [0.25, 0.3) is 11.4 Å². The van der Waals surface area contributed by atoms with E-state index in [-0.39, 0.29) is 5.82 Å². The zero-order chi connectivity index (χ0) is 10.8. The molecule has 1 aromatic heterocycles. The summed E-state index contributed by atoms with van der Waals surface area (Å²) < 4.78 is 13.5. The van der Waals surface area contributed by atoms with Crippen molar-refractivity contribution in [2.24, 2.45) is 0 Å². The van der Waals surface area contributed by atoms with Crippen molar-refractivity contribution in [3.8, 4) is 11.4 Å². The van der Waals surface area contributed by atoms with Gasteiger partial charge in [-0.05, 0) is 23.6 Å². The summed E-state index contributed by atoms with van der Waals surface area (Å²) in [5.74, 6) is 0.726. The van der Waals surface area contributed by atoms with E-state index in [1.807, 2.05) is 12.1 Å².